The van der Waals surface area contributed by atoms with Gasteiger partial charge in [-0.1, -0.05) is 0 Å². The quantitative estimate of drug-likeness (QED) is 0.382. The molecule has 0 aliphatic carbocycles. The van der Waals surface area contributed by atoms with Crippen LogP contribution >= 0.6 is 0 Å². The van der Waals surface area contributed by atoms with Crippen molar-refractivity contribution in [2.24, 2.45) is 5.90 Å². The average Bonchev–Trinajstić information content (AvgIpc) is 2.59. The fourth-order valence-electron chi connectivity index (χ4n) is 1.20. The molecule has 9 nitrogen and oxygen atoms in total. The lowest BCUT2D eigenvalue weighted by molar-refractivity contribution is -0.181. The van der Waals surface area contributed by atoms with E-state index in [1.54, 1.807) is 20.8 Å². The third-order valence-electron chi connectivity index (χ3n) is 1.95. The summed E-state index contributed by atoms with van der Waals surface area (Å²) in [7, 11) is 0. The highest BCUT2D eigenvalue weighted by Gasteiger charge is 2.35. The standard InChI is InChI=1S/C11H16N2O7/c1-11(2,3)18-9(16)8(19-12)10(17)20-13-6(14)4-5-7(13)15/h4-5,8,14-15H,12H2,1-3H3. The van der Waals surface area contributed by atoms with Crippen molar-refractivity contribution in [3.05, 3.63) is 12.1 Å². The van der Waals surface area contributed by atoms with Crippen molar-refractivity contribution in [2.75, 3.05) is 0 Å². The number of nitrogens with two attached hydrogens (primary N) is 1. The van der Waals surface area contributed by atoms with Gasteiger partial charge in [0.1, 0.15) is 5.60 Å². The molecule has 1 rings (SSSR count). The van der Waals surface area contributed by atoms with E-state index in [1.807, 2.05) is 0 Å². The summed E-state index contributed by atoms with van der Waals surface area (Å²) in [6.45, 7) is 4.77. The number of rotatable bonds is 4. The average molecular weight is 288 g/mol. The number of aromatic hydroxyl groups is 2. The van der Waals surface area contributed by atoms with Crippen LogP contribution in [0.4, 0.5) is 0 Å². The SMILES string of the molecule is CC(C)(C)OC(=O)C(ON)C(=O)On1c(O)ccc1O. The lowest BCUT2D eigenvalue weighted by Gasteiger charge is -2.22. The van der Waals surface area contributed by atoms with Crippen molar-refractivity contribution in [3.63, 3.8) is 0 Å². The van der Waals surface area contributed by atoms with Crippen LogP contribution < -0.4 is 10.7 Å². The Bertz CT molecular complexity index is 484. The van der Waals surface area contributed by atoms with Crippen molar-refractivity contribution in [3.8, 4) is 11.8 Å². The number of hydrogen-bond donors (Lipinski definition) is 3. The fraction of sp³-hybridized carbons (Fsp3) is 0.455. The summed E-state index contributed by atoms with van der Waals surface area (Å²) in [6, 6.07) is 2.16. The maximum Gasteiger partial charge on any atom is 0.375 e. The van der Waals surface area contributed by atoms with Crippen LogP contribution in [0.15, 0.2) is 12.1 Å². The van der Waals surface area contributed by atoms with Gasteiger partial charge >= 0.3 is 11.9 Å². The fourth-order valence-corrected chi connectivity index (χ4v) is 1.20. The van der Waals surface area contributed by atoms with E-state index in [2.05, 4.69) is 9.68 Å². The molecule has 9 heteroatoms. The Morgan fingerprint density at radius 3 is 2.10 bits per heavy atom. The maximum absolute atomic E-state index is 11.7. The summed E-state index contributed by atoms with van der Waals surface area (Å²) >= 11 is 0. The van der Waals surface area contributed by atoms with Gasteiger partial charge in [-0.25, -0.2) is 15.5 Å². The van der Waals surface area contributed by atoms with Crippen molar-refractivity contribution >= 4 is 11.9 Å². The first-order chi connectivity index (χ1) is 9.15. The predicted molar refractivity (Wildman–Crippen MR) is 64.3 cm³/mol. The molecule has 20 heavy (non-hydrogen) atoms. The Hall–Kier alpha value is -2.26. The van der Waals surface area contributed by atoms with Crippen LogP contribution in [-0.4, -0.2) is 38.6 Å². The molecule has 0 bridgehead atoms. The van der Waals surface area contributed by atoms with E-state index >= 15 is 0 Å². The second-order valence-corrected chi connectivity index (χ2v) is 4.80. The Labute approximate surface area is 114 Å². The summed E-state index contributed by atoms with van der Waals surface area (Å²) in [5.41, 5.74) is -0.855. The number of ether oxygens (including phenoxy) is 1. The monoisotopic (exact) mass is 288 g/mol. The van der Waals surface area contributed by atoms with Gasteiger partial charge in [0, 0.05) is 12.1 Å². The second-order valence-electron chi connectivity index (χ2n) is 4.80. The van der Waals surface area contributed by atoms with Crippen molar-refractivity contribution in [1.82, 2.24) is 4.73 Å². The Kier molecular flexibility index (Phi) is 4.58. The molecule has 0 aliphatic rings. The van der Waals surface area contributed by atoms with Crippen LogP contribution in [-0.2, 0) is 19.2 Å². The van der Waals surface area contributed by atoms with Crippen LogP contribution in [0, 0.1) is 0 Å². The van der Waals surface area contributed by atoms with E-state index in [0.29, 0.717) is 4.73 Å². The number of nitrogens with zero attached hydrogens (tertiary/aromatic N) is 1. The van der Waals surface area contributed by atoms with E-state index in [1.165, 1.54) is 0 Å². The summed E-state index contributed by atoms with van der Waals surface area (Å²) in [5, 5.41) is 18.6. The Balaban J connectivity index is 2.80. The molecular weight excluding hydrogens is 272 g/mol. The molecule has 0 fully saturated rings. The van der Waals surface area contributed by atoms with E-state index in [4.69, 9.17) is 10.6 Å². The molecule has 0 spiro atoms. The summed E-state index contributed by atoms with van der Waals surface area (Å²) in [5.74, 6) is 1.45. The topological polar surface area (TPSA) is 133 Å². The highest BCUT2D eigenvalue weighted by molar-refractivity contribution is 5.98. The van der Waals surface area contributed by atoms with Crippen molar-refractivity contribution < 1.29 is 34.2 Å². The first-order valence-electron chi connectivity index (χ1n) is 5.56. The first kappa shape index (κ1) is 15.8. The van der Waals surface area contributed by atoms with Crippen LogP contribution in [0.3, 0.4) is 0 Å². The van der Waals surface area contributed by atoms with Gasteiger partial charge in [-0.3, -0.25) is 4.84 Å². The van der Waals surface area contributed by atoms with Gasteiger partial charge < -0.3 is 19.8 Å². The molecule has 0 aromatic carbocycles. The van der Waals surface area contributed by atoms with Gasteiger partial charge in [0.25, 0.3) is 6.10 Å². The first-order valence-corrected chi connectivity index (χ1v) is 5.56. The van der Waals surface area contributed by atoms with Crippen molar-refractivity contribution in [2.45, 2.75) is 32.5 Å². The van der Waals surface area contributed by atoms with Gasteiger partial charge in [0.05, 0.1) is 0 Å². The Morgan fingerprint density at radius 1 is 1.20 bits per heavy atom. The lowest BCUT2D eigenvalue weighted by atomic mass is 10.2. The molecule has 0 amide bonds. The molecule has 1 atom stereocenters. The molecule has 0 saturated heterocycles. The third-order valence-corrected chi connectivity index (χ3v) is 1.95. The molecular formula is C11H16N2O7. The number of aromatic nitrogens is 1. The molecule has 4 N–H and O–H groups in total. The van der Waals surface area contributed by atoms with E-state index in [0.717, 1.165) is 12.1 Å². The second kappa shape index (κ2) is 5.80. The summed E-state index contributed by atoms with van der Waals surface area (Å²) in [6.07, 6.45) is -1.85. The van der Waals surface area contributed by atoms with E-state index in [-0.39, 0.29) is 0 Å². The van der Waals surface area contributed by atoms with E-state index < -0.39 is 35.4 Å². The summed E-state index contributed by atoms with van der Waals surface area (Å²) in [4.78, 5) is 32.2. The molecule has 0 saturated carbocycles. The Morgan fingerprint density at radius 2 is 1.70 bits per heavy atom. The summed E-state index contributed by atoms with van der Waals surface area (Å²) < 4.78 is 5.31. The smallest absolute Gasteiger partial charge is 0.375 e. The molecule has 1 unspecified atom stereocenters. The minimum Gasteiger partial charge on any atom is -0.492 e. The highest BCUT2D eigenvalue weighted by atomic mass is 16.7. The molecule has 0 radical (unpaired) electrons. The number of hydrogen-bond acceptors (Lipinski definition) is 8. The zero-order valence-electron chi connectivity index (χ0n) is 11.2. The minimum atomic E-state index is -1.85. The molecule has 1 aromatic heterocycles. The zero-order valence-corrected chi connectivity index (χ0v) is 11.2. The van der Waals surface area contributed by atoms with Crippen molar-refractivity contribution in [1.29, 1.82) is 0 Å². The molecule has 0 aliphatic heterocycles. The largest absolute Gasteiger partial charge is 0.492 e. The highest BCUT2D eigenvalue weighted by Crippen LogP contribution is 2.19. The van der Waals surface area contributed by atoms with Gasteiger partial charge in [-0.2, -0.15) is 0 Å². The van der Waals surface area contributed by atoms with E-state index in [9.17, 15) is 19.8 Å². The molecule has 1 aromatic rings. The lowest BCUT2D eigenvalue weighted by Crippen LogP contribution is -2.44. The van der Waals surface area contributed by atoms with Gasteiger partial charge in [-0.05, 0) is 20.8 Å². The van der Waals surface area contributed by atoms with Gasteiger partial charge in [0.15, 0.2) is 0 Å². The zero-order chi connectivity index (χ0) is 15.5. The van der Waals surface area contributed by atoms with Crippen LogP contribution in [0.5, 0.6) is 11.8 Å². The maximum atomic E-state index is 11.7. The molecule has 1 heterocycles. The number of carbonyl (C=O) groups excluding carboxylic acids is 2. The normalized spacial score (nSPS) is 12.8. The predicted octanol–water partition coefficient (Wildman–Crippen LogP) is -0.545. The minimum absolute atomic E-state index is 0.402. The number of esters is 1. The third kappa shape index (κ3) is 3.87. The van der Waals surface area contributed by atoms with Crippen LogP contribution in [0.1, 0.15) is 20.8 Å². The van der Waals surface area contributed by atoms with Crippen LogP contribution in [0.25, 0.3) is 0 Å². The molecule has 112 valence electrons. The van der Waals surface area contributed by atoms with Gasteiger partial charge in [-0.15, -0.1) is 4.73 Å². The van der Waals surface area contributed by atoms with Crippen LogP contribution in [0.2, 0.25) is 0 Å². The number of carbonyl (C=O) groups is 2. The van der Waals surface area contributed by atoms with Gasteiger partial charge in [0.2, 0.25) is 11.8 Å².